The molecular weight excluding hydrogens is 346 g/mol. The maximum atomic E-state index is 12.3. The molecule has 1 aromatic carbocycles. The van der Waals surface area contributed by atoms with Crippen molar-refractivity contribution in [2.45, 2.75) is 6.42 Å². The summed E-state index contributed by atoms with van der Waals surface area (Å²) in [7, 11) is -3.25. The number of carbonyl (C=O) groups is 3. The van der Waals surface area contributed by atoms with Crippen LogP contribution in [0.25, 0.3) is 0 Å². The zero-order valence-corrected chi connectivity index (χ0v) is 14.7. The fraction of sp³-hybridized carbons (Fsp3) is 0.438. The Morgan fingerprint density at radius 3 is 2.00 bits per heavy atom. The summed E-state index contributed by atoms with van der Waals surface area (Å²) in [6, 6.07) is 6.59. The number of rotatable bonds is 4. The van der Waals surface area contributed by atoms with Gasteiger partial charge >= 0.3 is 0 Å². The third kappa shape index (κ3) is 3.42. The van der Waals surface area contributed by atoms with Crippen LogP contribution in [0.3, 0.4) is 0 Å². The van der Waals surface area contributed by atoms with Crippen LogP contribution < -0.4 is 0 Å². The van der Waals surface area contributed by atoms with Crippen LogP contribution >= 0.6 is 0 Å². The maximum absolute atomic E-state index is 12.3. The lowest BCUT2D eigenvalue weighted by molar-refractivity contribution is -0.132. The first-order valence-electron chi connectivity index (χ1n) is 7.97. The van der Waals surface area contributed by atoms with Crippen molar-refractivity contribution in [3.63, 3.8) is 0 Å². The van der Waals surface area contributed by atoms with E-state index in [0.717, 1.165) is 11.2 Å². The van der Waals surface area contributed by atoms with Crippen molar-refractivity contribution < 1.29 is 22.8 Å². The van der Waals surface area contributed by atoms with Gasteiger partial charge in [0, 0.05) is 39.1 Å². The monoisotopic (exact) mass is 365 g/mol. The van der Waals surface area contributed by atoms with E-state index >= 15 is 0 Å². The average Bonchev–Trinajstić information content (AvgIpc) is 2.83. The number of sulfonamides is 1. The van der Waals surface area contributed by atoms with Crippen molar-refractivity contribution in [2.24, 2.45) is 0 Å². The molecule has 0 aliphatic carbocycles. The van der Waals surface area contributed by atoms with E-state index in [0.29, 0.717) is 24.2 Å². The zero-order valence-electron chi connectivity index (χ0n) is 13.8. The molecular formula is C16H19N3O5S. The number of hydrogen-bond donors (Lipinski definition) is 0. The summed E-state index contributed by atoms with van der Waals surface area (Å²) in [5.41, 5.74) is 0.725. The number of nitrogens with zero attached hydrogens (tertiary/aromatic N) is 3. The molecule has 134 valence electrons. The Morgan fingerprint density at radius 2 is 1.52 bits per heavy atom. The molecule has 2 aliphatic rings. The highest BCUT2D eigenvalue weighted by atomic mass is 32.2. The van der Waals surface area contributed by atoms with E-state index in [1.807, 2.05) is 0 Å². The number of piperazine rings is 1. The van der Waals surface area contributed by atoms with Gasteiger partial charge in [-0.05, 0) is 12.1 Å². The molecule has 0 spiro atoms. The first kappa shape index (κ1) is 17.6. The number of carbonyl (C=O) groups excluding carboxylic acids is 3. The second-order valence-corrected chi connectivity index (χ2v) is 8.08. The number of hydrogen-bond acceptors (Lipinski definition) is 5. The van der Waals surface area contributed by atoms with Crippen molar-refractivity contribution >= 4 is 27.7 Å². The Hall–Kier alpha value is -2.26. The number of fused-ring (bicyclic) bond motifs is 1. The van der Waals surface area contributed by atoms with Crippen molar-refractivity contribution in [3.8, 4) is 0 Å². The number of benzene rings is 1. The normalized spacial score (nSPS) is 18.6. The molecule has 1 saturated heterocycles. The Labute approximate surface area is 146 Å². The molecule has 3 amide bonds. The van der Waals surface area contributed by atoms with E-state index < -0.39 is 10.0 Å². The van der Waals surface area contributed by atoms with Gasteiger partial charge in [-0.3, -0.25) is 19.3 Å². The van der Waals surface area contributed by atoms with Crippen LogP contribution in [0.5, 0.6) is 0 Å². The summed E-state index contributed by atoms with van der Waals surface area (Å²) in [5.74, 6) is -0.949. The molecule has 25 heavy (non-hydrogen) atoms. The molecule has 2 aliphatic heterocycles. The SMILES string of the molecule is CS(=O)(=O)N1CCN(C(=O)CCN2C(=O)c3ccccc3C2=O)CC1. The summed E-state index contributed by atoms with van der Waals surface area (Å²) in [4.78, 5) is 39.5. The fourth-order valence-electron chi connectivity index (χ4n) is 3.08. The Balaban J connectivity index is 1.56. The third-order valence-electron chi connectivity index (χ3n) is 4.49. The summed E-state index contributed by atoms with van der Waals surface area (Å²) in [6.45, 7) is 1.18. The smallest absolute Gasteiger partial charge is 0.261 e. The lowest BCUT2D eigenvalue weighted by Gasteiger charge is -2.33. The first-order chi connectivity index (χ1) is 11.8. The highest BCUT2D eigenvalue weighted by molar-refractivity contribution is 7.88. The summed E-state index contributed by atoms with van der Waals surface area (Å²) in [6.07, 6.45) is 1.18. The van der Waals surface area contributed by atoms with Crippen LogP contribution in [0.1, 0.15) is 27.1 Å². The second-order valence-electron chi connectivity index (χ2n) is 6.10. The van der Waals surface area contributed by atoms with Crippen molar-refractivity contribution in [2.75, 3.05) is 39.0 Å². The van der Waals surface area contributed by atoms with Gasteiger partial charge in [0.05, 0.1) is 17.4 Å². The molecule has 8 nitrogen and oxygen atoms in total. The van der Waals surface area contributed by atoms with Crippen LogP contribution in [0, 0.1) is 0 Å². The van der Waals surface area contributed by atoms with Gasteiger partial charge in [0.1, 0.15) is 0 Å². The summed E-state index contributed by atoms with van der Waals surface area (Å²) < 4.78 is 24.3. The van der Waals surface area contributed by atoms with E-state index in [4.69, 9.17) is 0 Å². The van der Waals surface area contributed by atoms with Crippen molar-refractivity contribution in [1.82, 2.24) is 14.1 Å². The largest absolute Gasteiger partial charge is 0.340 e. The van der Waals surface area contributed by atoms with E-state index in [1.165, 1.54) is 4.31 Å². The van der Waals surface area contributed by atoms with Gasteiger partial charge in [-0.15, -0.1) is 0 Å². The van der Waals surface area contributed by atoms with E-state index in [2.05, 4.69) is 0 Å². The van der Waals surface area contributed by atoms with E-state index in [1.54, 1.807) is 29.2 Å². The van der Waals surface area contributed by atoms with Gasteiger partial charge in [-0.25, -0.2) is 8.42 Å². The van der Waals surface area contributed by atoms with Crippen LogP contribution in [-0.2, 0) is 14.8 Å². The van der Waals surface area contributed by atoms with Crippen molar-refractivity contribution in [3.05, 3.63) is 35.4 Å². The number of amides is 3. The molecule has 0 unspecified atom stereocenters. The minimum atomic E-state index is -3.25. The lowest BCUT2D eigenvalue weighted by Crippen LogP contribution is -2.50. The molecule has 0 bridgehead atoms. The van der Waals surface area contributed by atoms with Gasteiger partial charge in [0.15, 0.2) is 0 Å². The summed E-state index contributed by atoms with van der Waals surface area (Å²) >= 11 is 0. The fourth-order valence-corrected chi connectivity index (χ4v) is 3.90. The molecule has 0 saturated carbocycles. The molecule has 0 N–H and O–H groups in total. The topological polar surface area (TPSA) is 95.1 Å². The van der Waals surface area contributed by atoms with Crippen molar-refractivity contribution in [1.29, 1.82) is 0 Å². The van der Waals surface area contributed by atoms with Crippen LogP contribution in [0.4, 0.5) is 0 Å². The molecule has 0 atom stereocenters. The van der Waals surface area contributed by atoms with Crippen LogP contribution in [0.15, 0.2) is 24.3 Å². The molecule has 0 aromatic heterocycles. The highest BCUT2D eigenvalue weighted by Crippen LogP contribution is 2.22. The third-order valence-corrected chi connectivity index (χ3v) is 5.79. The predicted octanol–water partition coefficient (Wildman–Crippen LogP) is -0.223. The quantitative estimate of drug-likeness (QED) is 0.688. The van der Waals surface area contributed by atoms with Gasteiger partial charge in [0.2, 0.25) is 15.9 Å². The second kappa shape index (κ2) is 6.57. The predicted molar refractivity (Wildman–Crippen MR) is 89.4 cm³/mol. The lowest BCUT2D eigenvalue weighted by atomic mass is 10.1. The number of imide groups is 1. The van der Waals surface area contributed by atoms with E-state index in [9.17, 15) is 22.8 Å². The molecule has 3 rings (SSSR count). The van der Waals surface area contributed by atoms with Gasteiger partial charge < -0.3 is 4.90 Å². The Bertz CT molecular complexity index is 793. The highest BCUT2D eigenvalue weighted by Gasteiger charge is 2.35. The minimum absolute atomic E-state index is 0.0253. The average molecular weight is 365 g/mol. The first-order valence-corrected chi connectivity index (χ1v) is 9.82. The molecule has 0 radical (unpaired) electrons. The Kier molecular flexibility index (Phi) is 4.61. The molecule has 1 fully saturated rings. The van der Waals surface area contributed by atoms with Gasteiger partial charge in [-0.1, -0.05) is 12.1 Å². The maximum Gasteiger partial charge on any atom is 0.261 e. The van der Waals surface area contributed by atoms with Crippen LogP contribution in [-0.4, -0.2) is 79.2 Å². The van der Waals surface area contributed by atoms with Gasteiger partial charge in [-0.2, -0.15) is 4.31 Å². The standard InChI is InChI=1S/C16H19N3O5S/c1-25(23,24)18-10-8-17(9-11-18)14(20)6-7-19-15(21)12-4-2-3-5-13(12)16(19)22/h2-5H,6-11H2,1H3. The van der Waals surface area contributed by atoms with E-state index in [-0.39, 0.29) is 43.8 Å². The molecule has 9 heteroatoms. The zero-order chi connectivity index (χ0) is 18.2. The molecule has 2 heterocycles. The van der Waals surface area contributed by atoms with Gasteiger partial charge in [0.25, 0.3) is 11.8 Å². The summed E-state index contributed by atoms with van der Waals surface area (Å²) in [5, 5.41) is 0. The molecule has 1 aromatic rings. The minimum Gasteiger partial charge on any atom is -0.340 e. The van der Waals surface area contributed by atoms with Crippen LogP contribution in [0.2, 0.25) is 0 Å². The Morgan fingerprint density at radius 1 is 1.00 bits per heavy atom.